The molecule has 1 aliphatic heterocycles. The van der Waals surface area contributed by atoms with E-state index < -0.39 is 12.6 Å². The summed E-state index contributed by atoms with van der Waals surface area (Å²) in [5.74, 6) is -1.55. The van der Waals surface area contributed by atoms with Crippen molar-refractivity contribution in [1.82, 2.24) is 9.88 Å². The predicted octanol–water partition coefficient (Wildman–Crippen LogP) is 0.365. The van der Waals surface area contributed by atoms with E-state index in [0.29, 0.717) is 31.2 Å². The molecular weight excluding hydrogens is 354 g/mol. The first kappa shape index (κ1) is 16.9. The number of carboxylic acids is 1. The van der Waals surface area contributed by atoms with Crippen molar-refractivity contribution < 1.29 is 19.4 Å². The number of aliphatic carboxylic acids is 1. The first-order valence-electron chi connectivity index (χ1n) is 7.39. The first-order chi connectivity index (χ1) is 11.5. The van der Waals surface area contributed by atoms with Crippen molar-refractivity contribution in [2.45, 2.75) is 0 Å². The summed E-state index contributed by atoms with van der Waals surface area (Å²) in [6.45, 7) is 1.61. The number of fused-ring (bicyclic) bond motifs is 1. The van der Waals surface area contributed by atoms with E-state index in [1.807, 2.05) is 18.2 Å². The molecule has 1 aliphatic rings. The van der Waals surface area contributed by atoms with E-state index in [1.54, 1.807) is 16.2 Å². The number of rotatable bonds is 5. The molecule has 1 aromatic heterocycles. The fourth-order valence-electron chi connectivity index (χ4n) is 2.48. The molecule has 1 saturated heterocycles. The van der Waals surface area contributed by atoms with E-state index in [-0.39, 0.29) is 12.5 Å². The largest absolute Gasteiger partial charge is 0.548 e. The molecule has 128 valence electrons. The second-order valence-corrected chi connectivity index (χ2v) is 6.79. The number of carbonyl (C=O) groups is 2. The summed E-state index contributed by atoms with van der Waals surface area (Å²) in [5.41, 5.74) is 0.911. The van der Waals surface area contributed by atoms with Crippen LogP contribution in [0.1, 0.15) is 0 Å². The summed E-state index contributed by atoms with van der Waals surface area (Å²) in [6.07, 6.45) is 0. The van der Waals surface area contributed by atoms with E-state index in [1.165, 1.54) is 0 Å². The summed E-state index contributed by atoms with van der Waals surface area (Å²) in [7, 11) is 0. The molecule has 2 heterocycles. The second kappa shape index (κ2) is 7.33. The first-order valence-corrected chi connectivity index (χ1v) is 8.59. The van der Waals surface area contributed by atoms with Crippen molar-refractivity contribution >= 4 is 50.2 Å². The molecule has 0 bridgehead atoms. The van der Waals surface area contributed by atoms with Crippen LogP contribution in [0.4, 0.5) is 5.13 Å². The Morgan fingerprint density at radius 1 is 1.25 bits per heavy atom. The molecule has 1 aromatic carbocycles. The number of hydrogen-bond acceptors (Lipinski definition) is 7. The molecule has 9 heteroatoms. The lowest BCUT2D eigenvalue weighted by Crippen LogP contribution is -2.50. The van der Waals surface area contributed by atoms with Crippen LogP contribution in [-0.4, -0.2) is 61.2 Å². The monoisotopic (exact) mass is 368 g/mol. The van der Waals surface area contributed by atoms with Gasteiger partial charge >= 0.3 is 0 Å². The van der Waals surface area contributed by atoms with Crippen LogP contribution in [-0.2, 0) is 14.3 Å². The van der Waals surface area contributed by atoms with Gasteiger partial charge in [0.2, 0.25) is 5.91 Å². The van der Waals surface area contributed by atoms with Gasteiger partial charge in [0, 0.05) is 31.2 Å². The summed E-state index contributed by atoms with van der Waals surface area (Å²) < 4.78 is 5.82. The SMILES string of the molecule is O=C([O-])COCC(=O)N1CCN(c2nc3ccc(Cl)cc3s2)CC1. The van der Waals surface area contributed by atoms with Crippen molar-refractivity contribution in [3.05, 3.63) is 23.2 Å². The van der Waals surface area contributed by atoms with Gasteiger partial charge in [0.15, 0.2) is 5.13 Å². The van der Waals surface area contributed by atoms with Crippen molar-refractivity contribution in [3.8, 4) is 0 Å². The van der Waals surface area contributed by atoms with E-state index in [2.05, 4.69) is 9.88 Å². The molecule has 3 rings (SSSR count). The zero-order valence-corrected chi connectivity index (χ0v) is 14.3. The number of thiazole rings is 1. The van der Waals surface area contributed by atoms with E-state index in [9.17, 15) is 14.7 Å². The van der Waals surface area contributed by atoms with Crippen LogP contribution in [0.25, 0.3) is 10.2 Å². The van der Waals surface area contributed by atoms with Gasteiger partial charge in [0.1, 0.15) is 6.61 Å². The maximum absolute atomic E-state index is 11.9. The van der Waals surface area contributed by atoms with E-state index in [0.717, 1.165) is 15.3 Å². The van der Waals surface area contributed by atoms with Crippen LogP contribution in [0, 0.1) is 0 Å². The summed E-state index contributed by atoms with van der Waals surface area (Å²) in [4.78, 5) is 30.6. The highest BCUT2D eigenvalue weighted by Crippen LogP contribution is 2.31. The van der Waals surface area contributed by atoms with Crippen LogP contribution in [0.3, 0.4) is 0 Å². The highest BCUT2D eigenvalue weighted by atomic mass is 35.5. The molecule has 2 aromatic rings. The molecule has 1 amide bonds. The summed E-state index contributed by atoms with van der Waals surface area (Å²) >= 11 is 7.57. The number of amides is 1. The zero-order valence-electron chi connectivity index (χ0n) is 12.7. The molecule has 0 atom stereocenters. The Kier molecular flexibility index (Phi) is 5.17. The third-order valence-electron chi connectivity index (χ3n) is 3.69. The number of nitrogens with zero attached hydrogens (tertiary/aromatic N) is 3. The maximum Gasteiger partial charge on any atom is 0.248 e. The minimum absolute atomic E-state index is 0.216. The van der Waals surface area contributed by atoms with Gasteiger partial charge in [-0.05, 0) is 18.2 Å². The van der Waals surface area contributed by atoms with Crippen LogP contribution < -0.4 is 10.0 Å². The normalized spacial score (nSPS) is 15.0. The lowest BCUT2D eigenvalue weighted by atomic mass is 10.3. The number of ether oxygens (including phenoxy) is 1. The second-order valence-electron chi connectivity index (χ2n) is 5.34. The molecule has 0 N–H and O–H groups in total. The predicted molar refractivity (Wildman–Crippen MR) is 89.2 cm³/mol. The minimum atomic E-state index is -1.33. The quantitative estimate of drug-likeness (QED) is 0.757. The molecule has 7 nitrogen and oxygen atoms in total. The average Bonchev–Trinajstić information content (AvgIpc) is 2.97. The fourth-order valence-corrected chi connectivity index (χ4v) is 3.77. The molecular formula is C15H15ClN3O4S-. The highest BCUT2D eigenvalue weighted by Gasteiger charge is 2.23. The average molecular weight is 369 g/mol. The lowest BCUT2D eigenvalue weighted by Gasteiger charge is -2.34. The summed E-state index contributed by atoms with van der Waals surface area (Å²) in [6, 6.07) is 5.61. The van der Waals surface area contributed by atoms with Gasteiger partial charge in [-0.25, -0.2) is 4.98 Å². The van der Waals surface area contributed by atoms with Gasteiger partial charge in [-0.15, -0.1) is 0 Å². The number of anilines is 1. The van der Waals surface area contributed by atoms with Gasteiger partial charge in [-0.1, -0.05) is 22.9 Å². The Labute approximate surface area is 147 Å². The van der Waals surface area contributed by atoms with Crippen LogP contribution in [0.2, 0.25) is 5.02 Å². The number of carboxylic acid groups (broad SMARTS) is 1. The summed E-state index contributed by atoms with van der Waals surface area (Å²) in [5, 5.41) is 11.9. The topological polar surface area (TPSA) is 85.8 Å². The van der Waals surface area contributed by atoms with E-state index >= 15 is 0 Å². The molecule has 0 saturated carbocycles. The number of carbonyl (C=O) groups excluding carboxylic acids is 2. The van der Waals surface area contributed by atoms with Gasteiger partial charge < -0.3 is 24.4 Å². The molecule has 0 unspecified atom stereocenters. The van der Waals surface area contributed by atoms with Gasteiger partial charge in [0.25, 0.3) is 0 Å². The Hall–Kier alpha value is -1.90. The zero-order chi connectivity index (χ0) is 17.1. The van der Waals surface area contributed by atoms with Gasteiger partial charge in [0.05, 0.1) is 22.8 Å². The Balaban J connectivity index is 1.56. The van der Waals surface area contributed by atoms with Crippen molar-refractivity contribution in [2.24, 2.45) is 0 Å². The molecule has 0 radical (unpaired) electrons. The van der Waals surface area contributed by atoms with E-state index in [4.69, 9.17) is 16.3 Å². The minimum Gasteiger partial charge on any atom is -0.548 e. The molecule has 0 spiro atoms. The third-order valence-corrected chi connectivity index (χ3v) is 5.00. The maximum atomic E-state index is 11.9. The smallest absolute Gasteiger partial charge is 0.248 e. The number of benzene rings is 1. The number of halogens is 1. The van der Waals surface area contributed by atoms with Crippen LogP contribution >= 0.6 is 22.9 Å². The lowest BCUT2D eigenvalue weighted by molar-refractivity contribution is -0.309. The van der Waals surface area contributed by atoms with Gasteiger partial charge in [-0.2, -0.15) is 0 Å². The van der Waals surface area contributed by atoms with Crippen LogP contribution in [0.15, 0.2) is 18.2 Å². The molecule has 0 aliphatic carbocycles. The van der Waals surface area contributed by atoms with Crippen molar-refractivity contribution in [2.75, 3.05) is 44.3 Å². The molecule has 24 heavy (non-hydrogen) atoms. The Bertz CT molecular complexity index is 758. The Morgan fingerprint density at radius 3 is 2.71 bits per heavy atom. The number of hydrogen-bond donors (Lipinski definition) is 0. The molecule has 1 fully saturated rings. The van der Waals surface area contributed by atoms with Gasteiger partial charge in [-0.3, -0.25) is 4.79 Å². The fraction of sp³-hybridized carbons (Fsp3) is 0.400. The van der Waals surface area contributed by atoms with Crippen molar-refractivity contribution in [1.29, 1.82) is 0 Å². The number of piperazine rings is 1. The standard InChI is InChI=1S/C15H16ClN3O4S/c16-10-1-2-11-12(7-10)24-15(17-11)19-5-3-18(4-6-19)13(20)8-23-9-14(21)22/h1-2,7H,3-6,8-9H2,(H,21,22)/p-1. The van der Waals surface area contributed by atoms with Crippen LogP contribution in [0.5, 0.6) is 0 Å². The highest BCUT2D eigenvalue weighted by molar-refractivity contribution is 7.22. The van der Waals surface area contributed by atoms with Crippen molar-refractivity contribution in [3.63, 3.8) is 0 Å². The third kappa shape index (κ3) is 3.95. The Morgan fingerprint density at radius 2 is 2.00 bits per heavy atom. The number of aromatic nitrogens is 1.